The Labute approximate surface area is 173 Å². The van der Waals surface area contributed by atoms with E-state index in [1.165, 1.54) is 0 Å². The van der Waals surface area contributed by atoms with Gasteiger partial charge in [0, 0.05) is 19.1 Å². The highest BCUT2D eigenvalue weighted by Gasteiger charge is 2.29. The van der Waals surface area contributed by atoms with Gasteiger partial charge in [0.05, 0.1) is 11.9 Å². The van der Waals surface area contributed by atoms with E-state index in [9.17, 15) is 4.79 Å². The molecule has 3 aromatic rings. The fourth-order valence-corrected chi connectivity index (χ4v) is 3.40. The molecule has 9 heteroatoms. The Morgan fingerprint density at radius 3 is 2.90 bits per heavy atom. The fourth-order valence-electron chi connectivity index (χ4n) is 3.26. The number of rotatable bonds is 3. The van der Waals surface area contributed by atoms with Crippen LogP contribution in [-0.4, -0.2) is 55.3 Å². The minimum atomic E-state index is -0.497. The fraction of sp³-hybridized carbons (Fsp3) is 0.400. The summed E-state index contributed by atoms with van der Waals surface area (Å²) in [6.07, 6.45) is 2.28. The molecule has 0 aliphatic carbocycles. The van der Waals surface area contributed by atoms with Gasteiger partial charge >= 0.3 is 6.09 Å². The van der Waals surface area contributed by atoms with Crippen LogP contribution in [0.5, 0.6) is 0 Å². The van der Waals surface area contributed by atoms with E-state index in [0.717, 1.165) is 23.6 Å². The molecule has 152 valence electrons. The van der Waals surface area contributed by atoms with Crippen molar-refractivity contribution >= 4 is 29.2 Å². The van der Waals surface area contributed by atoms with E-state index in [1.807, 2.05) is 45.0 Å². The second-order valence-electron chi connectivity index (χ2n) is 8.03. The summed E-state index contributed by atoms with van der Waals surface area (Å²) >= 11 is 6.02. The molecule has 1 aliphatic rings. The van der Waals surface area contributed by atoms with E-state index < -0.39 is 5.60 Å². The first kappa shape index (κ1) is 19.4. The number of aromatic nitrogens is 4. The number of hydrogen-bond donors (Lipinski definition) is 1. The summed E-state index contributed by atoms with van der Waals surface area (Å²) in [5.41, 5.74) is 1.70. The van der Waals surface area contributed by atoms with Crippen LogP contribution >= 0.6 is 11.6 Å². The number of imidazole rings is 1. The van der Waals surface area contributed by atoms with Crippen LogP contribution in [-0.2, 0) is 4.74 Å². The minimum Gasteiger partial charge on any atom is -0.444 e. The average molecular weight is 415 g/mol. The monoisotopic (exact) mass is 414 g/mol. The second kappa shape index (κ2) is 7.51. The summed E-state index contributed by atoms with van der Waals surface area (Å²) < 4.78 is 7.13. The highest BCUT2D eigenvalue weighted by molar-refractivity contribution is 6.29. The number of fused-ring (bicyclic) bond motifs is 1. The van der Waals surface area contributed by atoms with Gasteiger partial charge in [-0.25, -0.2) is 19.3 Å². The molecule has 0 saturated carbocycles. The van der Waals surface area contributed by atoms with E-state index in [-0.39, 0.29) is 12.1 Å². The number of carbonyl (C=O) groups is 1. The van der Waals surface area contributed by atoms with Crippen molar-refractivity contribution in [3.05, 3.63) is 41.7 Å². The number of anilines is 1. The Kier molecular flexibility index (Phi) is 5.04. The van der Waals surface area contributed by atoms with Gasteiger partial charge in [-0.1, -0.05) is 17.7 Å². The van der Waals surface area contributed by atoms with Crippen LogP contribution in [0.25, 0.3) is 17.0 Å². The van der Waals surface area contributed by atoms with Gasteiger partial charge in [0.1, 0.15) is 22.3 Å². The van der Waals surface area contributed by atoms with Crippen molar-refractivity contribution in [1.29, 1.82) is 0 Å². The summed E-state index contributed by atoms with van der Waals surface area (Å²) in [5.74, 6) is 0.732. The van der Waals surface area contributed by atoms with Crippen molar-refractivity contribution in [3.8, 4) is 11.4 Å². The molecule has 1 N–H and O–H groups in total. The maximum absolute atomic E-state index is 12.3. The third-order valence-corrected chi connectivity index (χ3v) is 4.73. The van der Waals surface area contributed by atoms with Crippen LogP contribution in [0.4, 0.5) is 10.6 Å². The molecule has 4 heterocycles. The number of ether oxygens (including phenoxy) is 1. The number of carbonyl (C=O) groups excluding carboxylic acids is 1. The van der Waals surface area contributed by atoms with Gasteiger partial charge in [-0.3, -0.25) is 0 Å². The predicted molar refractivity (Wildman–Crippen MR) is 111 cm³/mol. The highest BCUT2D eigenvalue weighted by Crippen LogP contribution is 2.22. The van der Waals surface area contributed by atoms with Crippen LogP contribution in [0.2, 0.25) is 5.15 Å². The highest BCUT2D eigenvalue weighted by atomic mass is 35.5. The molecule has 0 radical (unpaired) electrons. The molecule has 1 unspecified atom stereocenters. The van der Waals surface area contributed by atoms with E-state index in [2.05, 4.69) is 15.4 Å². The van der Waals surface area contributed by atoms with Crippen LogP contribution < -0.4 is 5.32 Å². The Morgan fingerprint density at radius 1 is 1.28 bits per heavy atom. The number of amides is 1. The van der Waals surface area contributed by atoms with Gasteiger partial charge in [-0.05, 0) is 51.5 Å². The average Bonchev–Trinajstić information content (AvgIpc) is 3.27. The molecule has 3 aromatic heterocycles. The SMILES string of the molecule is CC(C)(C)OC(=O)N1CCC(Nc2cccc(-c3cnc4ccc(Cl)nn34)n2)C1. The van der Waals surface area contributed by atoms with Crippen LogP contribution in [0.3, 0.4) is 0 Å². The molecular weight excluding hydrogens is 392 g/mol. The summed E-state index contributed by atoms with van der Waals surface area (Å²) in [5, 5.41) is 8.11. The third kappa shape index (κ3) is 4.42. The Morgan fingerprint density at radius 2 is 2.10 bits per heavy atom. The molecule has 0 bridgehead atoms. The zero-order valence-corrected chi connectivity index (χ0v) is 17.3. The van der Waals surface area contributed by atoms with Gasteiger partial charge in [0.2, 0.25) is 0 Å². The van der Waals surface area contributed by atoms with Crippen molar-refractivity contribution in [2.24, 2.45) is 0 Å². The van der Waals surface area contributed by atoms with Gasteiger partial charge in [-0.2, -0.15) is 5.10 Å². The lowest BCUT2D eigenvalue weighted by atomic mass is 10.2. The van der Waals surface area contributed by atoms with Crippen molar-refractivity contribution in [1.82, 2.24) is 24.5 Å². The third-order valence-electron chi connectivity index (χ3n) is 4.53. The number of hydrogen-bond acceptors (Lipinski definition) is 6. The number of nitrogens with one attached hydrogen (secondary N) is 1. The lowest BCUT2D eigenvalue weighted by molar-refractivity contribution is 0.0293. The number of likely N-dealkylation sites (tertiary alicyclic amines) is 1. The van der Waals surface area contributed by atoms with E-state index in [1.54, 1.807) is 21.7 Å². The zero-order valence-electron chi connectivity index (χ0n) is 16.6. The maximum Gasteiger partial charge on any atom is 0.410 e. The lowest BCUT2D eigenvalue weighted by Crippen LogP contribution is -2.36. The van der Waals surface area contributed by atoms with Crippen LogP contribution in [0.15, 0.2) is 36.5 Å². The van der Waals surface area contributed by atoms with E-state index in [4.69, 9.17) is 21.3 Å². The van der Waals surface area contributed by atoms with E-state index >= 15 is 0 Å². The quantitative estimate of drug-likeness (QED) is 0.700. The molecule has 8 nitrogen and oxygen atoms in total. The topological polar surface area (TPSA) is 84.6 Å². The summed E-state index contributed by atoms with van der Waals surface area (Å²) in [7, 11) is 0. The zero-order chi connectivity index (χ0) is 20.6. The number of pyridine rings is 1. The summed E-state index contributed by atoms with van der Waals surface area (Å²) in [6, 6.07) is 9.36. The lowest BCUT2D eigenvalue weighted by Gasteiger charge is -2.24. The second-order valence-corrected chi connectivity index (χ2v) is 8.42. The number of halogens is 1. The minimum absolute atomic E-state index is 0.111. The molecular formula is C20H23ClN6O2. The van der Waals surface area contributed by atoms with Crippen molar-refractivity contribution in [2.75, 3.05) is 18.4 Å². The van der Waals surface area contributed by atoms with E-state index in [0.29, 0.717) is 23.9 Å². The first-order valence-electron chi connectivity index (χ1n) is 9.51. The predicted octanol–water partition coefficient (Wildman–Crippen LogP) is 3.87. The van der Waals surface area contributed by atoms with Crippen molar-refractivity contribution in [3.63, 3.8) is 0 Å². The van der Waals surface area contributed by atoms with Gasteiger partial charge in [0.15, 0.2) is 5.65 Å². The van der Waals surface area contributed by atoms with Gasteiger partial charge in [-0.15, -0.1) is 0 Å². The number of nitrogens with zero attached hydrogens (tertiary/aromatic N) is 5. The molecule has 1 saturated heterocycles. The van der Waals surface area contributed by atoms with Gasteiger partial charge in [0.25, 0.3) is 0 Å². The summed E-state index contributed by atoms with van der Waals surface area (Å²) in [4.78, 5) is 23.0. The molecule has 0 aromatic carbocycles. The van der Waals surface area contributed by atoms with Crippen LogP contribution in [0, 0.1) is 0 Å². The largest absolute Gasteiger partial charge is 0.444 e. The maximum atomic E-state index is 12.3. The molecule has 4 rings (SSSR count). The Bertz CT molecular complexity index is 1040. The first-order valence-corrected chi connectivity index (χ1v) is 9.88. The molecule has 1 amide bonds. The first-order chi connectivity index (χ1) is 13.8. The molecule has 1 aliphatic heterocycles. The van der Waals surface area contributed by atoms with Gasteiger partial charge < -0.3 is 15.0 Å². The summed E-state index contributed by atoms with van der Waals surface area (Å²) in [6.45, 7) is 6.84. The molecule has 0 spiro atoms. The standard InChI is InChI=1S/C20H23ClN6O2/c1-20(2,3)29-19(28)26-10-9-13(12-26)23-17-6-4-5-14(24-17)15-11-22-18-8-7-16(21)25-27(15)18/h4-8,11,13H,9-10,12H2,1-3H3,(H,23,24). The van der Waals surface area contributed by atoms with Crippen molar-refractivity contribution < 1.29 is 9.53 Å². The normalized spacial score (nSPS) is 17.0. The molecule has 1 atom stereocenters. The Hall–Kier alpha value is -2.87. The molecule has 1 fully saturated rings. The molecule has 29 heavy (non-hydrogen) atoms. The smallest absolute Gasteiger partial charge is 0.410 e. The van der Waals surface area contributed by atoms with Crippen LogP contribution in [0.1, 0.15) is 27.2 Å². The Balaban J connectivity index is 1.47. The van der Waals surface area contributed by atoms with Crippen molar-refractivity contribution in [2.45, 2.75) is 38.8 Å².